The van der Waals surface area contributed by atoms with Gasteiger partial charge in [0.25, 0.3) is 0 Å². The molecule has 2 heterocycles. The van der Waals surface area contributed by atoms with Crippen LogP contribution in [0, 0.1) is 5.92 Å². The molecule has 0 saturated carbocycles. The van der Waals surface area contributed by atoms with Crippen LogP contribution in [-0.4, -0.2) is 47.1 Å². The molecule has 0 aromatic heterocycles. The minimum absolute atomic E-state index is 0.138. The molecule has 2 fully saturated rings. The summed E-state index contributed by atoms with van der Waals surface area (Å²) in [5.41, 5.74) is -0.421. The van der Waals surface area contributed by atoms with E-state index in [-0.39, 0.29) is 11.8 Å². The number of nitrogens with one attached hydrogen (secondary N) is 1. The van der Waals surface area contributed by atoms with Crippen molar-refractivity contribution in [2.24, 2.45) is 5.92 Å². The van der Waals surface area contributed by atoms with E-state index >= 15 is 0 Å². The summed E-state index contributed by atoms with van der Waals surface area (Å²) in [6.45, 7) is 4.00. The van der Waals surface area contributed by atoms with Crippen LogP contribution in [-0.2, 0) is 9.59 Å². The Bertz CT molecular complexity index is 316. The van der Waals surface area contributed by atoms with Crippen molar-refractivity contribution < 1.29 is 14.7 Å². The number of carbonyl (C=O) groups excluding carboxylic acids is 1. The molecule has 2 aliphatic heterocycles. The van der Waals surface area contributed by atoms with Crippen molar-refractivity contribution in [2.45, 2.75) is 38.1 Å². The molecule has 1 atom stereocenters. The molecule has 0 aromatic rings. The molecule has 1 amide bonds. The van der Waals surface area contributed by atoms with E-state index in [1.165, 1.54) is 0 Å². The zero-order valence-corrected chi connectivity index (χ0v) is 10.2. The Labute approximate surface area is 101 Å². The topological polar surface area (TPSA) is 69.6 Å². The highest BCUT2D eigenvalue weighted by atomic mass is 16.4. The summed E-state index contributed by atoms with van der Waals surface area (Å²) in [6, 6.07) is 0. The van der Waals surface area contributed by atoms with E-state index in [2.05, 4.69) is 5.32 Å². The fourth-order valence-corrected chi connectivity index (χ4v) is 2.76. The third-order valence-electron chi connectivity index (χ3n) is 3.97. The number of likely N-dealkylation sites (tertiary alicyclic amines) is 1. The second-order valence-electron chi connectivity index (χ2n) is 5.27. The van der Waals surface area contributed by atoms with Gasteiger partial charge in [-0.2, -0.15) is 0 Å². The number of carboxylic acids is 1. The van der Waals surface area contributed by atoms with Crippen molar-refractivity contribution in [2.75, 3.05) is 19.6 Å². The third-order valence-corrected chi connectivity index (χ3v) is 3.97. The Morgan fingerprint density at radius 2 is 2.00 bits per heavy atom. The molecule has 0 aliphatic carbocycles. The quantitative estimate of drug-likeness (QED) is 0.735. The number of nitrogens with zero attached hydrogens (tertiary/aromatic N) is 1. The average molecular weight is 240 g/mol. The molecule has 2 N–H and O–H groups in total. The number of aliphatic carboxylic acids is 1. The molecule has 0 radical (unpaired) electrons. The van der Waals surface area contributed by atoms with E-state index in [0.29, 0.717) is 25.9 Å². The number of hydrogen-bond donors (Lipinski definition) is 2. The van der Waals surface area contributed by atoms with Gasteiger partial charge in [0.05, 0.1) is 11.5 Å². The Morgan fingerprint density at radius 3 is 2.47 bits per heavy atom. The predicted octanol–water partition coefficient (Wildman–Crippen LogP) is 0.452. The molecule has 5 heteroatoms. The van der Waals surface area contributed by atoms with E-state index in [1.54, 1.807) is 0 Å². The van der Waals surface area contributed by atoms with Crippen molar-refractivity contribution in [1.29, 1.82) is 0 Å². The van der Waals surface area contributed by atoms with Gasteiger partial charge in [-0.3, -0.25) is 9.59 Å². The molecule has 17 heavy (non-hydrogen) atoms. The Kier molecular flexibility index (Phi) is 3.38. The van der Waals surface area contributed by atoms with E-state index in [4.69, 9.17) is 5.11 Å². The monoisotopic (exact) mass is 240 g/mol. The zero-order chi connectivity index (χ0) is 12.5. The van der Waals surface area contributed by atoms with Gasteiger partial charge >= 0.3 is 5.97 Å². The van der Waals surface area contributed by atoms with Crippen LogP contribution in [0.1, 0.15) is 32.6 Å². The number of carbonyl (C=O) groups is 2. The highest BCUT2D eigenvalue weighted by Gasteiger charge is 2.40. The van der Waals surface area contributed by atoms with Gasteiger partial charge in [0, 0.05) is 13.1 Å². The van der Waals surface area contributed by atoms with E-state index in [1.807, 2.05) is 11.8 Å². The number of amides is 1. The predicted molar refractivity (Wildman–Crippen MR) is 62.6 cm³/mol. The van der Waals surface area contributed by atoms with Crippen LogP contribution in [0.2, 0.25) is 0 Å². The summed E-state index contributed by atoms with van der Waals surface area (Å²) in [5.74, 6) is -0.871. The minimum atomic E-state index is -0.734. The molecular weight excluding hydrogens is 220 g/mol. The molecule has 2 saturated heterocycles. The lowest BCUT2D eigenvalue weighted by Crippen LogP contribution is -2.54. The van der Waals surface area contributed by atoms with E-state index in [9.17, 15) is 9.59 Å². The fourth-order valence-electron chi connectivity index (χ4n) is 2.76. The van der Waals surface area contributed by atoms with E-state index in [0.717, 1.165) is 19.4 Å². The van der Waals surface area contributed by atoms with Crippen molar-refractivity contribution in [1.82, 2.24) is 10.2 Å². The summed E-state index contributed by atoms with van der Waals surface area (Å²) in [5, 5.41) is 12.2. The van der Waals surface area contributed by atoms with Crippen LogP contribution in [0.5, 0.6) is 0 Å². The first-order chi connectivity index (χ1) is 8.03. The van der Waals surface area contributed by atoms with Gasteiger partial charge in [-0.15, -0.1) is 0 Å². The lowest BCUT2D eigenvalue weighted by atomic mass is 9.93. The van der Waals surface area contributed by atoms with Gasteiger partial charge in [0.15, 0.2) is 0 Å². The standard InChI is InChI=1S/C12H20N2O3/c1-12(5-2-6-13-12)11(17)14-7-3-9(4-8-14)10(15)16/h9,13H,2-8H2,1H3,(H,15,16). The number of rotatable bonds is 2. The molecule has 2 aliphatic rings. The lowest BCUT2D eigenvalue weighted by Gasteiger charge is -2.36. The van der Waals surface area contributed by atoms with Crippen LogP contribution >= 0.6 is 0 Å². The van der Waals surface area contributed by atoms with Gasteiger partial charge in [-0.1, -0.05) is 0 Å². The van der Waals surface area contributed by atoms with Crippen molar-refractivity contribution >= 4 is 11.9 Å². The second-order valence-corrected chi connectivity index (χ2v) is 5.27. The normalized spacial score (nSPS) is 30.5. The average Bonchev–Trinajstić information content (AvgIpc) is 2.76. The molecule has 0 bridgehead atoms. The van der Waals surface area contributed by atoms with Gasteiger partial charge in [-0.05, 0) is 39.2 Å². The molecule has 5 nitrogen and oxygen atoms in total. The first-order valence-corrected chi connectivity index (χ1v) is 6.30. The van der Waals surface area contributed by atoms with Crippen molar-refractivity contribution in [3.05, 3.63) is 0 Å². The first kappa shape index (κ1) is 12.4. The maximum Gasteiger partial charge on any atom is 0.306 e. The van der Waals surface area contributed by atoms with Crippen molar-refractivity contribution in [3.63, 3.8) is 0 Å². The SMILES string of the molecule is CC1(C(=O)N2CCC(C(=O)O)CC2)CCCN1. The van der Waals surface area contributed by atoms with Gasteiger partial charge < -0.3 is 15.3 Å². The summed E-state index contributed by atoms with van der Waals surface area (Å²) in [6.07, 6.45) is 3.08. The number of piperidine rings is 1. The molecular formula is C12H20N2O3. The summed E-state index contributed by atoms with van der Waals surface area (Å²) in [7, 11) is 0. The number of hydrogen-bond acceptors (Lipinski definition) is 3. The molecule has 0 aromatic carbocycles. The van der Waals surface area contributed by atoms with Gasteiger partial charge in [0.1, 0.15) is 0 Å². The van der Waals surface area contributed by atoms with Crippen LogP contribution in [0.25, 0.3) is 0 Å². The third kappa shape index (κ3) is 2.44. The summed E-state index contributed by atoms with van der Waals surface area (Å²) < 4.78 is 0. The number of carboxylic acid groups (broad SMARTS) is 1. The van der Waals surface area contributed by atoms with Crippen LogP contribution in [0.15, 0.2) is 0 Å². The first-order valence-electron chi connectivity index (χ1n) is 6.30. The minimum Gasteiger partial charge on any atom is -0.481 e. The van der Waals surface area contributed by atoms with Gasteiger partial charge in [0.2, 0.25) is 5.91 Å². The second kappa shape index (κ2) is 4.64. The highest BCUT2D eigenvalue weighted by molar-refractivity contribution is 5.86. The molecule has 2 rings (SSSR count). The van der Waals surface area contributed by atoms with Crippen LogP contribution in [0.3, 0.4) is 0 Å². The summed E-state index contributed by atoms with van der Waals surface area (Å²) in [4.78, 5) is 25.0. The van der Waals surface area contributed by atoms with Gasteiger partial charge in [-0.25, -0.2) is 0 Å². The highest BCUT2D eigenvalue weighted by Crippen LogP contribution is 2.25. The zero-order valence-electron chi connectivity index (χ0n) is 10.2. The Morgan fingerprint density at radius 1 is 1.35 bits per heavy atom. The Balaban J connectivity index is 1.92. The molecule has 1 unspecified atom stereocenters. The Hall–Kier alpha value is -1.10. The van der Waals surface area contributed by atoms with Crippen molar-refractivity contribution in [3.8, 4) is 0 Å². The summed E-state index contributed by atoms with van der Waals surface area (Å²) >= 11 is 0. The maximum absolute atomic E-state index is 12.3. The smallest absolute Gasteiger partial charge is 0.306 e. The fraction of sp³-hybridized carbons (Fsp3) is 0.833. The maximum atomic E-state index is 12.3. The lowest BCUT2D eigenvalue weighted by molar-refractivity contribution is -0.147. The largest absolute Gasteiger partial charge is 0.481 e. The molecule has 0 spiro atoms. The van der Waals surface area contributed by atoms with E-state index < -0.39 is 11.5 Å². The van der Waals surface area contributed by atoms with Crippen LogP contribution in [0.4, 0.5) is 0 Å². The molecule has 96 valence electrons. The van der Waals surface area contributed by atoms with Crippen LogP contribution < -0.4 is 5.32 Å².